The van der Waals surface area contributed by atoms with Gasteiger partial charge in [0.2, 0.25) is 10.0 Å². The molecule has 2 aromatic rings. The lowest BCUT2D eigenvalue weighted by atomic mass is 10.1. The molecule has 0 fully saturated rings. The lowest BCUT2D eigenvalue weighted by Gasteiger charge is -2.18. The van der Waals surface area contributed by atoms with Gasteiger partial charge in [-0.1, -0.05) is 25.1 Å². The molecule has 6 heteroatoms. The molecule has 1 aliphatic rings. The summed E-state index contributed by atoms with van der Waals surface area (Å²) in [7, 11) is -3.27. The summed E-state index contributed by atoms with van der Waals surface area (Å²) in [5.74, 6) is -0.108. The Morgan fingerprint density at radius 3 is 2.64 bits per heavy atom. The van der Waals surface area contributed by atoms with Gasteiger partial charge in [0.05, 0.1) is 11.4 Å². The van der Waals surface area contributed by atoms with Gasteiger partial charge in [0.15, 0.2) is 0 Å². The SMILES string of the molecule is CCc1ccccc1NC(=O)c1ccc2c(c1)CCN2S(=O)(=O)CC. The Hall–Kier alpha value is -2.34. The molecule has 0 bridgehead atoms. The molecule has 132 valence electrons. The van der Waals surface area contributed by atoms with Crippen LogP contribution in [0.3, 0.4) is 0 Å². The molecule has 2 aromatic carbocycles. The first-order valence-corrected chi connectivity index (χ1v) is 10.1. The molecule has 0 saturated heterocycles. The zero-order chi connectivity index (χ0) is 18.0. The highest BCUT2D eigenvalue weighted by atomic mass is 32.2. The van der Waals surface area contributed by atoms with Crippen LogP contribution >= 0.6 is 0 Å². The van der Waals surface area contributed by atoms with Crippen molar-refractivity contribution < 1.29 is 13.2 Å². The Bertz CT molecular complexity index is 907. The Morgan fingerprint density at radius 2 is 1.92 bits per heavy atom. The number of nitrogens with zero attached hydrogens (tertiary/aromatic N) is 1. The van der Waals surface area contributed by atoms with Crippen LogP contribution in [0, 0.1) is 0 Å². The third-order valence-corrected chi connectivity index (χ3v) is 6.32. The highest BCUT2D eigenvalue weighted by Crippen LogP contribution is 2.31. The number of hydrogen-bond acceptors (Lipinski definition) is 3. The minimum absolute atomic E-state index is 0.0719. The topological polar surface area (TPSA) is 66.5 Å². The molecule has 0 unspecified atom stereocenters. The second kappa shape index (κ2) is 6.88. The van der Waals surface area contributed by atoms with Crippen LogP contribution in [0.5, 0.6) is 0 Å². The molecule has 1 aliphatic heterocycles. The van der Waals surface area contributed by atoms with Crippen molar-refractivity contribution in [1.29, 1.82) is 0 Å². The van der Waals surface area contributed by atoms with E-state index in [2.05, 4.69) is 5.32 Å². The normalized spacial score (nSPS) is 13.6. The number of sulfonamides is 1. The maximum atomic E-state index is 12.6. The first kappa shape index (κ1) is 17.5. The maximum absolute atomic E-state index is 12.6. The lowest BCUT2D eigenvalue weighted by Crippen LogP contribution is -2.30. The van der Waals surface area contributed by atoms with E-state index in [0.717, 1.165) is 23.2 Å². The van der Waals surface area contributed by atoms with E-state index in [-0.39, 0.29) is 11.7 Å². The van der Waals surface area contributed by atoms with Crippen molar-refractivity contribution in [3.63, 3.8) is 0 Å². The third kappa shape index (κ3) is 3.39. The van der Waals surface area contributed by atoms with Gasteiger partial charge >= 0.3 is 0 Å². The number of carbonyl (C=O) groups is 1. The minimum Gasteiger partial charge on any atom is -0.322 e. The molecule has 0 radical (unpaired) electrons. The van der Waals surface area contributed by atoms with Crippen LogP contribution in [0.1, 0.15) is 35.3 Å². The van der Waals surface area contributed by atoms with Gasteiger partial charge in [-0.25, -0.2) is 8.42 Å². The van der Waals surface area contributed by atoms with Crippen molar-refractivity contribution in [2.45, 2.75) is 26.7 Å². The average molecular weight is 358 g/mol. The number of aryl methyl sites for hydroxylation is 1. The van der Waals surface area contributed by atoms with Crippen LogP contribution < -0.4 is 9.62 Å². The first-order valence-electron chi connectivity index (χ1n) is 8.49. The van der Waals surface area contributed by atoms with Crippen molar-refractivity contribution in [3.05, 3.63) is 59.2 Å². The van der Waals surface area contributed by atoms with Crippen molar-refractivity contribution in [1.82, 2.24) is 0 Å². The lowest BCUT2D eigenvalue weighted by molar-refractivity contribution is 0.102. The Morgan fingerprint density at radius 1 is 1.16 bits per heavy atom. The van der Waals surface area contributed by atoms with Gasteiger partial charge in [0.1, 0.15) is 0 Å². The third-order valence-electron chi connectivity index (χ3n) is 4.54. The van der Waals surface area contributed by atoms with Gasteiger partial charge in [-0.3, -0.25) is 9.10 Å². The molecule has 0 aromatic heterocycles. The van der Waals surface area contributed by atoms with Crippen molar-refractivity contribution in [3.8, 4) is 0 Å². The predicted molar refractivity (Wildman–Crippen MR) is 101 cm³/mol. The number of benzene rings is 2. The van der Waals surface area contributed by atoms with E-state index in [9.17, 15) is 13.2 Å². The van der Waals surface area contributed by atoms with Crippen molar-refractivity contribution in [2.24, 2.45) is 0 Å². The van der Waals surface area contributed by atoms with Crippen molar-refractivity contribution in [2.75, 3.05) is 21.9 Å². The minimum atomic E-state index is -3.27. The number of amides is 1. The number of fused-ring (bicyclic) bond motifs is 1. The van der Waals surface area contributed by atoms with E-state index < -0.39 is 10.0 Å². The molecular formula is C19H22N2O3S. The van der Waals surface area contributed by atoms with Crippen LogP contribution in [0.2, 0.25) is 0 Å². The van der Waals surface area contributed by atoms with E-state index in [4.69, 9.17) is 0 Å². The second-order valence-corrected chi connectivity index (χ2v) is 8.21. The number of anilines is 2. The molecule has 3 rings (SSSR count). The van der Waals surface area contributed by atoms with Gasteiger partial charge < -0.3 is 5.32 Å². The first-order chi connectivity index (χ1) is 12.0. The zero-order valence-corrected chi connectivity index (χ0v) is 15.3. The van der Waals surface area contributed by atoms with Gasteiger partial charge in [-0.05, 0) is 55.2 Å². The van der Waals surface area contributed by atoms with Gasteiger partial charge in [0.25, 0.3) is 5.91 Å². The van der Waals surface area contributed by atoms with E-state index in [1.807, 2.05) is 31.2 Å². The number of nitrogens with one attached hydrogen (secondary N) is 1. The average Bonchev–Trinajstić information content (AvgIpc) is 3.06. The van der Waals surface area contributed by atoms with E-state index in [0.29, 0.717) is 24.2 Å². The molecule has 1 amide bonds. The molecular weight excluding hydrogens is 336 g/mol. The van der Waals surface area contributed by atoms with Gasteiger partial charge in [0, 0.05) is 17.8 Å². The summed E-state index contributed by atoms with van der Waals surface area (Å²) in [5, 5.41) is 2.95. The highest BCUT2D eigenvalue weighted by Gasteiger charge is 2.28. The summed E-state index contributed by atoms with van der Waals surface area (Å²) >= 11 is 0. The molecule has 0 spiro atoms. The van der Waals surface area contributed by atoms with Crippen LogP contribution in [-0.2, 0) is 22.9 Å². The van der Waals surface area contributed by atoms with Gasteiger partial charge in [-0.2, -0.15) is 0 Å². The monoisotopic (exact) mass is 358 g/mol. The Labute approximate surface area is 148 Å². The number of rotatable bonds is 5. The van der Waals surface area contributed by atoms with E-state index in [1.165, 1.54) is 4.31 Å². The van der Waals surface area contributed by atoms with Crippen LogP contribution in [0.4, 0.5) is 11.4 Å². The summed E-state index contributed by atoms with van der Waals surface area (Å²) in [4.78, 5) is 12.6. The maximum Gasteiger partial charge on any atom is 0.255 e. The highest BCUT2D eigenvalue weighted by molar-refractivity contribution is 7.92. The largest absolute Gasteiger partial charge is 0.322 e. The molecule has 1 N–H and O–H groups in total. The zero-order valence-electron chi connectivity index (χ0n) is 14.5. The number of hydrogen-bond donors (Lipinski definition) is 1. The molecule has 1 heterocycles. The molecule has 5 nitrogen and oxygen atoms in total. The molecule has 0 saturated carbocycles. The van der Waals surface area contributed by atoms with Crippen molar-refractivity contribution >= 4 is 27.3 Å². The number of carbonyl (C=O) groups excluding carboxylic acids is 1. The summed E-state index contributed by atoms with van der Waals surface area (Å²) in [5.41, 5.74) is 4.02. The summed E-state index contributed by atoms with van der Waals surface area (Å²) in [6.07, 6.45) is 1.46. The predicted octanol–water partition coefficient (Wildman–Crippen LogP) is 3.21. The van der Waals surface area contributed by atoms with Crippen LogP contribution in [-0.4, -0.2) is 26.6 Å². The Kier molecular flexibility index (Phi) is 4.81. The fraction of sp³-hybridized carbons (Fsp3) is 0.316. The second-order valence-electron chi connectivity index (χ2n) is 6.03. The summed E-state index contributed by atoms with van der Waals surface area (Å²) in [6.45, 7) is 4.12. The van der Waals surface area contributed by atoms with Crippen LogP contribution in [0.15, 0.2) is 42.5 Å². The standard InChI is InChI=1S/C19H22N2O3S/c1-3-14-7-5-6-8-17(14)20-19(22)16-9-10-18-15(13-16)11-12-21(18)25(23,24)4-2/h5-10,13H,3-4,11-12H2,1-2H3,(H,20,22). The molecule has 0 atom stereocenters. The summed E-state index contributed by atoms with van der Waals surface area (Å²) < 4.78 is 25.7. The van der Waals surface area contributed by atoms with Crippen LogP contribution in [0.25, 0.3) is 0 Å². The fourth-order valence-electron chi connectivity index (χ4n) is 3.10. The Balaban J connectivity index is 1.85. The number of para-hydroxylation sites is 1. The van der Waals surface area contributed by atoms with Gasteiger partial charge in [-0.15, -0.1) is 0 Å². The smallest absolute Gasteiger partial charge is 0.255 e. The van der Waals surface area contributed by atoms with E-state index in [1.54, 1.807) is 25.1 Å². The molecule has 25 heavy (non-hydrogen) atoms. The molecule has 0 aliphatic carbocycles. The van der Waals surface area contributed by atoms with E-state index >= 15 is 0 Å². The quantitative estimate of drug-likeness (QED) is 0.892. The fourth-order valence-corrected chi connectivity index (χ4v) is 4.26. The summed E-state index contributed by atoms with van der Waals surface area (Å²) in [6, 6.07) is 12.9.